The summed E-state index contributed by atoms with van der Waals surface area (Å²) < 4.78 is 36.4. The zero-order chi connectivity index (χ0) is 16.9. The van der Waals surface area contributed by atoms with Crippen LogP contribution in [0, 0.1) is 11.8 Å². The molecule has 2 aliphatic carbocycles. The van der Waals surface area contributed by atoms with Crippen molar-refractivity contribution < 1.29 is 17.3 Å². The molecule has 6 unspecified atom stereocenters. The van der Waals surface area contributed by atoms with Crippen LogP contribution in [0.15, 0.2) is 24.3 Å². The van der Waals surface area contributed by atoms with Gasteiger partial charge in [0.15, 0.2) is 0 Å². The molecule has 24 heavy (non-hydrogen) atoms. The van der Waals surface area contributed by atoms with Gasteiger partial charge in [0.2, 0.25) is 0 Å². The Morgan fingerprint density at radius 2 is 1.96 bits per heavy atom. The van der Waals surface area contributed by atoms with Crippen molar-refractivity contribution in [3.05, 3.63) is 29.8 Å². The maximum Gasteiger partial charge on any atom is 0.312 e. The Morgan fingerprint density at radius 3 is 2.67 bits per heavy atom. The lowest BCUT2D eigenvalue weighted by molar-refractivity contribution is 0.157. The average Bonchev–Trinajstić information content (AvgIpc) is 3.25. The highest BCUT2D eigenvalue weighted by Gasteiger charge is 2.57. The maximum atomic E-state index is 12.7. The predicted octanol–water partition coefficient (Wildman–Crippen LogP) is 3.86. The standard InChI is InChI=1S/C19H26O4S/c1-3-12(2)13-4-6-15(7-5-13)23-24(20,21)16-8-9-17-14(10-16)11-18-19(17)22-18/h4-7,12,14,16-19H,3,8-11H2,1-2H3. The van der Waals surface area contributed by atoms with Gasteiger partial charge in [-0.3, -0.25) is 0 Å². The van der Waals surface area contributed by atoms with Gasteiger partial charge in [-0.05, 0) is 67.6 Å². The van der Waals surface area contributed by atoms with Crippen molar-refractivity contribution >= 4 is 10.1 Å². The third kappa shape index (κ3) is 2.97. The summed E-state index contributed by atoms with van der Waals surface area (Å²) in [4.78, 5) is 0. The first-order valence-corrected chi connectivity index (χ1v) is 10.6. The van der Waals surface area contributed by atoms with E-state index in [4.69, 9.17) is 8.92 Å². The van der Waals surface area contributed by atoms with E-state index >= 15 is 0 Å². The number of ether oxygens (including phenoxy) is 1. The summed E-state index contributed by atoms with van der Waals surface area (Å²) in [6.45, 7) is 4.31. The summed E-state index contributed by atoms with van der Waals surface area (Å²) in [5.41, 5.74) is 1.22. The number of fused-ring (bicyclic) bond motifs is 3. The monoisotopic (exact) mass is 350 g/mol. The topological polar surface area (TPSA) is 55.9 Å². The second-order valence-corrected chi connectivity index (χ2v) is 9.51. The molecular weight excluding hydrogens is 324 g/mol. The van der Waals surface area contributed by atoms with E-state index in [0.717, 1.165) is 25.7 Å². The molecule has 3 aliphatic rings. The summed E-state index contributed by atoms with van der Waals surface area (Å²) in [7, 11) is -3.56. The number of epoxide rings is 1. The molecule has 0 aromatic heterocycles. The number of hydrogen-bond donors (Lipinski definition) is 0. The van der Waals surface area contributed by atoms with Crippen molar-refractivity contribution in [2.45, 2.75) is 69.3 Å². The van der Waals surface area contributed by atoms with E-state index in [2.05, 4.69) is 13.8 Å². The minimum atomic E-state index is -3.56. The van der Waals surface area contributed by atoms with Gasteiger partial charge in [-0.15, -0.1) is 0 Å². The van der Waals surface area contributed by atoms with Crippen LogP contribution >= 0.6 is 0 Å². The van der Waals surface area contributed by atoms with Crippen LogP contribution < -0.4 is 4.18 Å². The SMILES string of the molecule is CCC(C)c1ccc(OS(=O)(=O)C2CCC3C(CC4OC43)C2)cc1. The Morgan fingerprint density at radius 1 is 1.21 bits per heavy atom. The molecule has 0 amide bonds. The van der Waals surface area contributed by atoms with Crippen LogP contribution in [0.2, 0.25) is 0 Å². The summed E-state index contributed by atoms with van der Waals surface area (Å²) in [5, 5.41) is -0.370. The zero-order valence-corrected chi connectivity index (χ0v) is 15.2. The molecule has 1 saturated heterocycles. The second-order valence-electron chi connectivity index (χ2n) is 7.69. The van der Waals surface area contributed by atoms with Gasteiger partial charge in [0, 0.05) is 0 Å². The molecule has 0 bridgehead atoms. The molecule has 3 fully saturated rings. The fourth-order valence-corrected chi connectivity index (χ4v) is 5.94. The van der Waals surface area contributed by atoms with E-state index in [1.165, 1.54) is 5.56 Å². The average molecular weight is 350 g/mol. The molecule has 0 spiro atoms. The van der Waals surface area contributed by atoms with Gasteiger partial charge < -0.3 is 8.92 Å². The van der Waals surface area contributed by atoms with Gasteiger partial charge in [0.25, 0.3) is 0 Å². The normalized spacial score (nSPS) is 35.8. The van der Waals surface area contributed by atoms with Crippen molar-refractivity contribution in [1.29, 1.82) is 0 Å². The Bertz CT molecular complexity index is 697. The molecule has 0 radical (unpaired) electrons. The van der Waals surface area contributed by atoms with Gasteiger partial charge in [0.05, 0.1) is 17.5 Å². The minimum Gasteiger partial charge on any atom is -0.382 e. The molecule has 1 aromatic rings. The Balaban J connectivity index is 1.41. The summed E-state index contributed by atoms with van der Waals surface area (Å²) in [5.74, 6) is 1.98. The molecule has 6 atom stereocenters. The molecule has 0 N–H and O–H groups in total. The fraction of sp³-hybridized carbons (Fsp3) is 0.684. The third-order valence-electron chi connectivity index (χ3n) is 6.25. The smallest absolute Gasteiger partial charge is 0.312 e. The molecular formula is C19H26O4S. The van der Waals surface area contributed by atoms with E-state index in [1.54, 1.807) is 12.1 Å². The summed E-state index contributed by atoms with van der Waals surface area (Å²) in [6, 6.07) is 7.50. The van der Waals surface area contributed by atoms with E-state index in [9.17, 15) is 8.42 Å². The second kappa shape index (κ2) is 6.03. The quantitative estimate of drug-likeness (QED) is 0.598. The third-order valence-corrected chi connectivity index (χ3v) is 7.92. The Kier molecular flexibility index (Phi) is 4.12. The molecule has 1 aliphatic heterocycles. The van der Waals surface area contributed by atoms with Gasteiger partial charge in [-0.25, -0.2) is 0 Å². The molecule has 1 heterocycles. The lowest BCUT2D eigenvalue weighted by Crippen LogP contribution is -2.35. The van der Waals surface area contributed by atoms with Crippen LogP contribution in [0.25, 0.3) is 0 Å². The fourth-order valence-electron chi connectivity index (χ4n) is 4.52. The van der Waals surface area contributed by atoms with Crippen molar-refractivity contribution in [2.24, 2.45) is 11.8 Å². The lowest BCUT2D eigenvalue weighted by atomic mass is 9.81. The van der Waals surface area contributed by atoms with Crippen molar-refractivity contribution in [1.82, 2.24) is 0 Å². The number of hydrogen-bond acceptors (Lipinski definition) is 4. The lowest BCUT2D eigenvalue weighted by Gasteiger charge is -2.32. The van der Waals surface area contributed by atoms with E-state index in [-0.39, 0.29) is 5.25 Å². The van der Waals surface area contributed by atoms with Gasteiger partial charge in [0.1, 0.15) is 5.75 Å². The Hall–Kier alpha value is -1.07. The minimum absolute atomic E-state index is 0.370. The van der Waals surface area contributed by atoms with Gasteiger partial charge in [-0.1, -0.05) is 26.0 Å². The molecule has 2 saturated carbocycles. The molecule has 4 nitrogen and oxygen atoms in total. The highest BCUT2D eigenvalue weighted by Crippen LogP contribution is 2.53. The molecule has 5 heteroatoms. The van der Waals surface area contributed by atoms with Crippen LogP contribution in [0.3, 0.4) is 0 Å². The van der Waals surface area contributed by atoms with Crippen LogP contribution in [0.1, 0.15) is 57.4 Å². The molecule has 1 aromatic carbocycles. The first kappa shape index (κ1) is 16.4. The van der Waals surface area contributed by atoms with E-state index in [0.29, 0.717) is 42.1 Å². The van der Waals surface area contributed by atoms with Gasteiger partial charge >= 0.3 is 10.1 Å². The molecule has 4 rings (SSSR count). The van der Waals surface area contributed by atoms with Crippen molar-refractivity contribution in [3.8, 4) is 5.75 Å². The predicted molar refractivity (Wildman–Crippen MR) is 92.6 cm³/mol. The number of rotatable bonds is 5. The van der Waals surface area contributed by atoms with Crippen LogP contribution in [0.4, 0.5) is 0 Å². The van der Waals surface area contributed by atoms with E-state index in [1.807, 2.05) is 12.1 Å². The van der Waals surface area contributed by atoms with Crippen molar-refractivity contribution in [3.63, 3.8) is 0 Å². The van der Waals surface area contributed by atoms with Gasteiger partial charge in [-0.2, -0.15) is 8.42 Å². The van der Waals surface area contributed by atoms with E-state index < -0.39 is 10.1 Å². The first-order valence-electron chi connectivity index (χ1n) is 9.16. The maximum absolute atomic E-state index is 12.7. The number of benzene rings is 1. The van der Waals surface area contributed by atoms with Crippen LogP contribution in [-0.2, 0) is 14.9 Å². The zero-order valence-electron chi connectivity index (χ0n) is 14.4. The summed E-state index contributed by atoms with van der Waals surface area (Å²) in [6.07, 6.45) is 5.31. The highest BCUT2D eigenvalue weighted by molar-refractivity contribution is 7.87. The highest BCUT2D eigenvalue weighted by atomic mass is 32.2. The first-order chi connectivity index (χ1) is 11.5. The summed E-state index contributed by atoms with van der Waals surface area (Å²) >= 11 is 0. The van der Waals surface area contributed by atoms with Crippen molar-refractivity contribution in [2.75, 3.05) is 0 Å². The van der Waals surface area contributed by atoms with Crippen LogP contribution in [0.5, 0.6) is 5.75 Å². The Labute approximate surface area is 144 Å². The van der Waals surface area contributed by atoms with Crippen LogP contribution in [-0.4, -0.2) is 25.9 Å². The molecule has 132 valence electrons. The largest absolute Gasteiger partial charge is 0.382 e.